The van der Waals surface area contributed by atoms with Crippen LogP contribution in [0.2, 0.25) is 0 Å². The molecule has 3 rings (SSSR count). The molecule has 2 aliphatic rings. The molecule has 2 N–H and O–H groups in total. The average Bonchev–Trinajstić information content (AvgIpc) is 2.95. The van der Waals surface area contributed by atoms with E-state index in [0.717, 1.165) is 21.5 Å². The highest BCUT2D eigenvalue weighted by molar-refractivity contribution is 9.10. The molecule has 1 saturated carbocycles. The second-order valence-electron chi connectivity index (χ2n) is 5.41. The summed E-state index contributed by atoms with van der Waals surface area (Å²) in [4.78, 5) is 0. The molecular weight excluding hydrogens is 366 g/mol. The Labute approximate surface area is 143 Å². The molecule has 118 valence electrons. The van der Waals surface area contributed by atoms with Crippen molar-refractivity contribution < 1.29 is 9.47 Å². The molecule has 1 aliphatic carbocycles. The number of fused-ring (bicyclic) bond motifs is 1. The van der Waals surface area contributed by atoms with Crippen molar-refractivity contribution in [1.82, 2.24) is 10.7 Å². The van der Waals surface area contributed by atoms with E-state index in [0.29, 0.717) is 11.2 Å². The van der Waals surface area contributed by atoms with E-state index in [-0.39, 0.29) is 6.79 Å². The number of rotatable bonds is 3. The van der Waals surface area contributed by atoms with Crippen LogP contribution in [0, 0.1) is 0 Å². The Morgan fingerprint density at radius 2 is 1.95 bits per heavy atom. The number of hydrogen-bond donors (Lipinski definition) is 2. The number of benzene rings is 1. The lowest BCUT2D eigenvalue weighted by Gasteiger charge is -2.23. The highest BCUT2D eigenvalue weighted by Crippen LogP contribution is 2.36. The third-order valence-electron chi connectivity index (χ3n) is 3.80. The van der Waals surface area contributed by atoms with Gasteiger partial charge in [-0.2, -0.15) is 5.10 Å². The second-order valence-corrected chi connectivity index (χ2v) is 6.67. The van der Waals surface area contributed by atoms with Crippen LogP contribution < -0.4 is 20.2 Å². The number of ether oxygens (including phenoxy) is 2. The van der Waals surface area contributed by atoms with Crippen molar-refractivity contribution in [2.75, 3.05) is 6.79 Å². The molecule has 1 aromatic carbocycles. The van der Waals surface area contributed by atoms with Gasteiger partial charge in [0, 0.05) is 16.1 Å². The molecule has 1 fully saturated rings. The summed E-state index contributed by atoms with van der Waals surface area (Å²) in [6.07, 6.45) is 7.94. The van der Waals surface area contributed by atoms with Gasteiger partial charge in [-0.3, -0.25) is 5.43 Å². The molecule has 22 heavy (non-hydrogen) atoms. The summed E-state index contributed by atoms with van der Waals surface area (Å²) in [5.41, 5.74) is 3.77. The quantitative estimate of drug-likeness (QED) is 0.476. The van der Waals surface area contributed by atoms with Gasteiger partial charge in [0.05, 0.1) is 6.21 Å². The molecule has 0 spiro atoms. The zero-order valence-electron chi connectivity index (χ0n) is 12.1. The van der Waals surface area contributed by atoms with Crippen molar-refractivity contribution in [2.45, 2.75) is 38.1 Å². The van der Waals surface area contributed by atoms with Gasteiger partial charge in [-0.15, -0.1) is 0 Å². The number of nitrogens with one attached hydrogen (secondary N) is 2. The SMILES string of the molecule is S=C(N/N=C/c1cc2c(cc1Br)OCO2)NC1CCCCC1. The summed E-state index contributed by atoms with van der Waals surface area (Å²) >= 11 is 8.76. The minimum Gasteiger partial charge on any atom is -0.454 e. The van der Waals surface area contributed by atoms with Gasteiger partial charge in [-0.1, -0.05) is 19.3 Å². The fourth-order valence-corrected chi connectivity index (χ4v) is 3.30. The molecule has 5 nitrogen and oxygen atoms in total. The lowest BCUT2D eigenvalue weighted by atomic mass is 9.96. The van der Waals surface area contributed by atoms with E-state index >= 15 is 0 Å². The average molecular weight is 384 g/mol. The molecular formula is C15H18BrN3O2S. The van der Waals surface area contributed by atoms with Crippen LogP contribution >= 0.6 is 28.1 Å². The molecule has 0 aromatic heterocycles. The summed E-state index contributed by atoms with van der Waals surface area (Å²) in [6.45, 7) is 0.260. The predicted molar refractivity (Wildman–Crippen MR) is 93.6 cm³/mol. The second kappa shape index (κ2) is 7.28. The van der Waals surface area contributed by atoms with Gasteiger partial charge in [0.1, 0.15) is 0 Å². The fourth-order valence-electron chi connectivity index (χ4n) is 2.66. The molecule has 0 bridgehead atoms. The number of hydrazone groups is 1. The van der Waals surface area contributed by atoms with E-state index in [4.69, 9.17) is 21.7 Å². The van der Waals surface area contributed by atoms with Crippen LogP contribution in [0.25, 0.3) is 0 Å². The number of nitrogens with zero attached hydrogens (tertiary/aromatic N) is 1. The van der Waals surface area contributed by atoms with Crippen molar-refractivity contribution in [3.63, 3.8) is 0 Å². The van der Waals surface area contributed by atoms with Crippen LogP contribution in [-0.4, -0.2) is 24.2 Å². The highest BCUT2D eigenvalue weighted by Gasteiger charge is 2.16. The van der Waals surface area contributed by atoms with E-state index in [1.807, 2.05) is 12.1 Å². The Kier molecular flexibility index (Phi) is 5.15. The molecule has 0 radical (unpaired) electrons. The zero-order chi connectivity index (χ0) is 15.4. The van der Waals surface area contributed by atoms with Crippen LogP contribution in [0.5, 0.6) is 11.5 Å². The van der Waals surface area contributed by atoms with Gasteiger partial charge in [0.25, 0.3) is 0 Å². The Morgan fingerprint density at radius 3 is 2.73 bits per heavy atom. The number of hydrogen-bond acceptors (Lipinski definition) is 4. The lowest BCUT2D eigenvalue weighted by Crippen LogP contribution is -2.40. The Balaban J connectivity index is 1.54. The van der Waals surface area contributed by atoms with Crippen LogP contribution in [0.4, 0.5) is 0 Å². The minimum atomic E-state index is 0.260. The molecule has 1 aliphatic heterocycles. The smallest absolute Gasteiger partial charge is 0.231 e. The summed E-state index contributed by atoms with van der Waals surface area (Å²) < 4.78 is 11.6. The summed E-state index contributed by atoms with van der Waals surface area (Å²) in [5.74, 6) is 1.47. The standard InChI is InChI=1S/C15H18BrN3O2S/c16-12-7-14-13(20-9-21-14)6-10(12)8-17-19-15(22)18-11-4-2-1-3-5-11/h6-8,11H,1-5,9H2,(H2,18,19,22)/b17-8+. The molecule has 0 saturated heterocycles. The van der Waals surface area contributed by atoms with E-state index < -0.39 is 0 Å². The normalized spacial score (nSPS) is 17.7. The highest BCUT2D eigenvalue weighted by atomic mass is 79.9. The summed E-state index contributed by atoms with van der Waals surface area (Å²) in [5, 5.41) is 8.07. The van der Waals surface area contributed by atoms with E-state index in [1.54, 1.807) is 6.21 Å². The molecule has 0 atom stereocenters. The maximum absolute atomic E-state index is 5.36. The summed E-state index contributed by atoms with van der Waals surface area (Å²) in [7, 11) is 0. The first-order valence-corrected chi connectivity index (χ1v) is 8.61. The Morgan fingerprint density at radius 1 is 1.23 bits per heavy atom. The Bertz CT molecular complexity index is 588. The van der Waals surface area contributed by atoms with Crippen molar-refractivity contribution in [3.8, 4) is 11.5 Å². The maximum atomic E-state index is 5.36. The van der Waals surface area contributed by atoms with Crippen molar-refractivity contribution in [1.29, 1.82) is 0 Å². The van der Waals surface area contributed by atoms with Gasteiger partial charge in [-0.25, -0.2) is 0 Å². The molecule has 7 heteroatoms. The van der Waals surface area contributed by atoms with Crippen LogP contribution in [-0.2, 0) is 0 Å². The first kappa shape index (κ1) is 15.6. The molecule has 0 unspecified atom stereocenters. The third-order valence-corrected chi connectivity index (χ3v) is 4.70. The zero-order valence-corrected chi connectivity index (χ0v) is 14.5. The lowest BCUT2D eigenvalue weighted by molar-refractivity contribution is 0.174. The van der Waals surface area contributed by atoms with E-state index in [1.165, 1.54) is 32.1 Å². The van der Waals surface area contributed by atoms with Crippen molar-refractivity contribution in [2.24, 2.45) is 5.10 Å². The predicted octanol–water partition coefficient (Wildman–Crippen LogP) is 3.31. The van der Waals surface area contributed by atoms with E-state index in [9.17, 15) is 0 Å². The van der Waals surface area contributed by atoms with Crippen molar-refractivity contribution >= 4 is 39.5 Å². The maximum Gasteiger partial charge on any atom is 0.231 e. The minimum absolute atomic E-state index is 0.260. The first-order valence-electron chi connectivity index (χ1n) is 7.41. The largest absolute Gasteiger partial charge is 0.454 e. The monoisotopic (exact) mass is 383 g/mol. The Hall–Kier alpha value is -1.34. The molecule has 1 aromatic rings. The topological polar surface area (TPSA) is 54.9 Å². The van der Waals surface area contributed by atoms with Crippen LogP contribution in [0.1, 0.15) is 37.7 Å². The fraction of sp³-hybridized carbons (Fsp3) is 0.467. The van der Waals surface area contributed by atoms with Gasteiger partial charge < -0.3 is 14.8 Å². The van der Waals surface area contributed by atoms with Crippen molar-refractivity contribution in [3.05, 3.63) is 22.2 Å². The number of halogens is 1. The first-order chi connectivity index (χ1) is 10.7. The van der Waals surface area contributed by atoms with Gasteiger partial charge in [0.2, 0.25) is 6.79 Å². The third kappa shape index (κ3) is 3.89. The van der Waals surface area contributed by atoms with Crippen LogP contribution in [0.3, 0.4) is 0 Å². The summed E-state index contributed by atoms with van der Waals surface area (Å²) in [6, 6.07) is 4.23. The molecule has 0 amide bonds. The van der Waals surface area contributed by atoms with Gasteiger partial charge in [-0.05, 0) is 53.1 Å². The number of thiocarbonyl (C=S) groups is 1. The molecule has 1 heterocycles. The van der Waals surface area contributed by atoms with Gasteiger partial charge in [0.15, 0.2) is 16.6 Å². The van der Waals surface area contributed by atoms with Gasteiger partial charge >= 0.3 is 0 Å². The van der Waals surface area contributed by atoms with E-state index in [2.05, 4.69) is 31.8 Å². The van der Waals surface area contributed by atoms with Crippen LogP contribution in [0.15, 0.2) is 21.7 Å².